The number of esters is 1. The Bertz CT molecular complexity index is 1280. The number of hydrogen-bond acceptors (Lipinski definition) is 9. The molecular weight excluding hydrogens is 600 g/mol. The third kappa shape index (κ3) is 7.66. The minimum atomic E-state index is -1.18. The van der Waals surface area contributed by atoms with Crippen LogP contribution < -0.4 is 0 Å². The molecular formula is C38H58O9. The minimum absolute atomic E-state index is 0.0292. The van der Waals surface area contributed by atoms with Crippen LogP contribution in [0.5, 0.6) is 0 Å². The number of cyclic esters (lactones) is 1. The minimum Gasteiger partial charge on any atom is -0.490 e. The van der Waals surface area contributed by atoms with Gasteiger partial charge in [0.15, 0.2) is 5.79 Å². The van der Waals surface area contributed by atoms with Crippen LogP contribution in [0.25, 0.3) is 0 Å². The van der Waals surface area contributed by atoms with E-state index in [4.69, 9.17) is 28.4 Å². The molecule has 0 aliphatic carbocycles. The zero-order valence-corrected chi connectivity index (χ0v) is 30.2. The predicted molar refractivity (Wildman–Crippen MR) is 180 cm³/mol. The topological polar surface area (TPSA) is 113 Å². The Morgan fingerprint density at radius 3 is 2.45 bits per heavy atom. The van der Waals surface area contributed by atoms with E-state index in [1.54, 1.807) is 13.2 Å². The van der Waals surface area contributed by atoms with Crippen LogP contribution in [0.1, 0.15) is 68.7 Å². The lowest BCUT2D eigenvalue weighted by Gasteiger charge is -2.50. The Morgan fingerprint density at radius 1 is 1.11 bits per heavy atom. The molecule has 0 unspecified atom stereocenters. The highest BCUT2D eigenvalue weighted by Gasteiger charge is 2.71. The van der Waals surface area contributed by atoms with Gasteiger partial charge in [-0.2, -0.15) is 0 Å². The van der Waals surface area contributed by atoms with Crippen molar-refractivity contribution >= 4 is 5.97 Å². The Balaban J connectivity index is 1.74. The van der Waals surface area contributed by atoms with Gasteiger partial charge in [-0.3, -0.25) is 0 Å². The second kappa shape index (κ2) is 15.1. The van der Waals surface area contributed by atoms with Crippen LogP contribution in [0.4, 0.5) is 0 Å². The first-order valence-electron chi connectivity index (χ1n) is 17.1. The van der Waals surface area contributed by atoms with Crippen LogP contribution in [-0.2, 0) is 33.2 Å². The summed E-state index contributed by atoms with van der Waals surface area (Å²) in [6.45, 7) is 18.5. The number of allylic oxidation sites excluding steroid dienone is 5. The maximum absolute atomic E-state index is 13.7. The van der Waals surface area contributed by atoms with Crippen molar-refractivity contribution in [3.05, 3.63) is 58.9 Å². The Kier molecular flexibility index (Phi) is 12.1. The molecule has 0 aromatic carbocycles. The van der Waals surface area contributed by atoms with E-state index in [0.29, 0.717) is 0 Å². The van der Waals surface area contributed by atoms with Crippen molar-refractivity contribution in [2.45, 2.75) is 111 Å². The molecule has 9 heteroatoms. The molecule has 0 radical (unpaired) electrons. The molecule has 0 aromatic rings. The summed E-state index contributed by atoms with van der Waals surface area (Å²) >= 11 is 0. The molecule has 9 nitrogen and oxygen atoms in total. The zero-order valence-electron chi connectivity index (χ0n) is 30.2. The summed E-state index contributed by atoms with van der Waals surface area (Å²) in [5.74, 6) is -2.34. The largest absolute Gasteiger partial charge is 0.490 e. The number of hydrogen-bond donors (Lipinski definition) is 2. The number of ether oxygens (including phenoxy) is 6. The first-order chi connectivity index (χ1) is 22.1. The van der Waals surface area contributed by atoms with Crippen molar-refractivity contribution in [1.29, 1.82) is 0 Å². The SMILES string of the molecule is COC1=CC(C)=C[C@@H](C)[C@@H](O)[C@@H](C)CC(C)=CC=C[C@H](OC)[C@@H]([C@@H](C)/C=C(\C)[C@@]23OC[C@@]4(O)CO[C@@H]([C@H](C)[C@H](C(C)C)O2)[C@H]43)OC1=O. The molecule has 3 fully saturated rings. The van der Waals surface area contributed by atoms with Gasteiger partial charge in [0, 0.05) is 24.9 Å². The molecule has 264 valence electrons. The normalized spacial score (nSPS) is 41.1. The van der Waals surface area contributed by atoms with E-state index >= 15 is 0 Å². The molecule has 4 aliphatic heterocycles. The van der Waals surface area contributed by atoms with Crippen LogP contribution in [0.3, 0.4) is 0 Å². The fourth-order valence-electron chi connectivity index (χ4n) is 8.11. The first-order valence-corrected chi connectivity index (χ1v) is 17.1. The molecule has 0 spiro atoms. The molecule has 2 N–H and O–H groups in total. The second-order valence-corrected chi connectivity index (χ2v) is 14.8. The van der Waals surface area contributed by atoms with Gasteiger partial charge in [-0.15, -0.1) is 0 Å². The molecule has 4 rings (SSSR count). The predicted octanol–water partition coefficient (Wildman–Crippen LogP) is 5.68. The van der Waals surface area contributed by atoms with E-state index in [1.807, 2.05) is 71.9 Å². The Labute approximate surface area is 281 Å². The van der Waals surface area contributed by atoms with Gasteiger partial charge < -0.3 is 38.6 Å². The number of methoxy groups -OCH3 is 2. The molecule has 12 atom stereocenters. The number of aliphatic hydroxyl groups excluding tert-OH is 1. The van der Waals surface area contributed by atoms with Crippen LogP contribution in [0, 0.1) is 35.5 Å². The summed E-state index contributed by atoms with van der Waals surface area (Å²) < 4.78 is 37.2. The maximum atomic E-state index is 13.7. The van der Waals surface area contributed by atoms with E-state index in [9.17, 15) is 15.0 Å². The second-order valence-electron chi connectivity index (χ2n) is 14.8. The van der Waals surface area contributed by atoms with Gasteiger partial charge in [-0.25, -0.2) is 4.79 Å². The van der Waals surface area contributed by atoms with Crippen molar-refractivity contribution in [3.63, 3.8) is 0 Å². The zero-order chi connectivity index (χ0) is 34.8. The molecule has 47 heavy (non-hydrogen) atoms. The lowest BCUT2D eigenvalue weighted by molar-refractivity contribution is -0.294. The summed E-state index contributed by atoms with van der Waals surface area (Å²) in [6.07, 6.45) is 9.86. The van der Waals surface area contributed by atoms with Crippen molar-refractivity contribution in [2.75, 3.05) is 27.4 Å². The van der Waals surface area contributed by atoms with Crippen molar-refractivity contribution in [1.82, 2.24) is 0 Å². The van der Waals surface area contributed by atoms with Crippen LogP contribution in [-0.4, -0.2) is 85.5 Å². The quantitative estimate of drug-likeness (QED) is 0.275. The van der Waals surface area contributed by atoms with Gasteiger partial charge in [0.1, 0.15) is 17.8 Å². The maximum Gasteiger partial charge on any atom is 0.373 e. The molecule has 0 amide bonds. The number of carbonyl (C=O) groups excluding carboxylic acids is 1. The van der Waals surface area contributed by atoms with Crippen molar-refractivity contribution in [3.8, 4) is 0 Å². The van der Waals surface area contributed by atoms with Gasteiger partial charge in [0.05, 0.1) is 44.6 Å². The summed E-state index contributed by atoms with van der Waals surface area (Å²) in [5.41, 5.74) is 1.54. The van der Waals surface area contributed by atoms with Crippen molar-refractivity contribution in [2.24, 2.45) is 35.5 Å². The summed E-state index contributed by atoms with van der Waals surface area (Å²) in [4.78, 5) is 13.7. The average Bonchev–Trinajstić information content (AvgIpc) is 3.53. The highest BCUT2D eigenvalue weighted by atomic mass is 16.7. The van der Waals surface area contributed by atoms with Crippen LogP contribution in [0.2, 0.25) is 0 Å². The van der Waals surface area contributed by atoms with Crippen LogP contribution in [0.15, 0.2) is 58.9 Å². The third-order valence-corrected chi connectivity index (χ3v) is 10.6. The summed E-state index contributed by atoms with van der Waals surface area (Å²) in [7, 11) is 3.03. The van der Waals surface area contributed by atoms with E-state index in [-0.39, 0.29) is 60.8 Å². The standard InChI is InChI=1S/C38H58O9/c1-21(2)32-28(9)34-35-37(41,19-44-34)20-45-38(35,47-32)27(8)18-26(7)33-29(42-10)14-12-13-22(3)15-24(5)31(39)25(6)16-23(4)17-30(43-11)36(40)46-33/h12-14,16-18,21,24-26,28-29,31-35,39,41H,15,19-20H2,1-11H3/b14-12?,22-13?,23-16?,27-18+,30-17?/t24-,25+,26-,28+,29-,31-,32-,33+,34-,35+,37-,38+/m0/s1. The molecule has 0 aromatic heterocycles. The van der Waals surface area contributed by atoms with E-state index in [1.165, 1.54) is 7.11 Å². The lowest BCUT2D eigenvalue weighted by atomic mass is 9.71. The first kappa shape index (κ1) is 37.5. The molecule has 4 heterocycles. The highest BCUT2D eigenvalue weighted by Crippen LogP contribution is 2.57. The lowest BCUT2D eigenvalue weighted by Crippen LogP contribution is -2.60. The van der Waals surface area contributed by atoms with Gasteiger partial charge >= 0.3 is 5.97 Å². The summed E-state index contributed by atoms with van der Waals surface area (Å²) in [5, 5.41) is 22.6. The molecule has 0 bridgehead atoms. The summed E-state index contributed by atoms with van der Waals surface area (Å²) in [6, 6.07) is 0. The fraction of sp³-hybridized carbons (Fsp3) is 0.711. The number of carbonyl (C=O) groups is 1. The van der Waals surface area contributed by atoms with E-state index in [2.05, 4.69) is 20.8 Å². The molecule has 4 aliphatic rings. The highest BCUT2D eigenvalue weighted by molar-refractivity contribution is 5.87. The fourth-order valence-corrected chi connectivity index (χ4v) is 8.11. The van der Waals surface area contributed by atoms with Gasteiger partial charge in [-0.1, -0.05) is 83.1 Å². The van der Waals surface area contributed by atoms with Gasteiger partial charge in [-0.05, 0) is 50.7 Å². The number of aliphatic hydroxyl groups is 2. The van der Waals surface area contributed by atoms with Gasteiger partial charge in [0.2, 0.25) is 5.76 Å². The smallest absolute Gasteiger partial charge is 0.373 e. The third-order valence-electron chi connectivity index (χ3n) is 10.6. The van der Waals surface area contributed by atoms with Gasteiger partial charge in [0.25, 0.3) is 0 Å². The van der Waals surface area contributed by atoms with E-state index < -0.39 is 41.6 Å². The Hall–Kier alpha value is -2.27. The Morgan fingerprint density at radius 2 is 1.81 bits per heavy atom. The van der Waals surface area contributed by atoms with Crippen LogP contribution >= 0.6 is 0 Å². The average molecular weight is 659 g/mol. The monoisotopic (exact) mass is 658 g/mol. The van der Waals surface area contributed by atoms with E-state index in [0.717, 1.165) is 23.1 Å². The number of rotatable bonds is 6. The van der Waals surface area contributed by atoms with Crippen molar-refractivity contribution < 1.29 is 43.4 Å². The molecule has 0 saturated carbocycles. The molecule has 3 saturated heterocycles.